The smallest absolute Gasteiger partial charge is 0.0674 e. The zero-order valence-corrected chi connectivity index (χ0v) is 13.7. The van der Waals surface area contributed by atoms with Gasteiger partial charge < -0.3 is 4.74 Å². The van der Waals surface area contributed by atoms with Crippen LogP contribution in [0.2, 0.25) is 0 Å². The van der Waals surface area contributed by atoms with Gasteiger partial charge in [-0.1, -0.05) is 13.8 Å². The lowest BCUT2D eigenvalue weighted by Crippen LogP contribution is -2.50. The molecule has 0 bridgehead atoms. The molecule has 2 fully saturated rings. The van der Waals surface area contributed by atoms with Crippen LogP contribution >= 0.6 is 11.8 Å². The van der Waals surface area contributed by atoms with Gasteiger partial charge in [0.1, 0.15) is 0 Å². The van der Waals surface area contributed by atoms with Gasteiger partial charge in [-0.05, 0) is 19.8 Å². The van der Waals surface area contributed by atoms with Gasteiger partial charge >= 0.3 is 0 Å². The lowest BCUT2D eigenvalue weighted by Gasteiger charge is -2.42. The lowest BCUT2D eigenvalue weighted by atomic mass is 10.0. The zero-order chi connectivity index (χ0) is 13.7. The monoisotopic (exact) mass is 286 g/mol. The highest BCUT2D eigenvalue weighted by Gasteiger charge is 2.32. The van der Waals surface area contributed by atoms with Crippen LogP contribution in [0.4, 0.5) is 0 Å². The van der Waals surface area contributed by atoms with Crippen LogP contribution in [0.1, 0.15) is 33.6 Å². The maximum Gasteiger partial charge on any atom is 0.0674 e. The average Bonchev–Trinajstić information content (AvgIpc) is 2.45. The van der Waals surface area contributed by atoms with Crippen molar-refractivity contribution in [3.05, 3.63) is 0 Å². The molecule has 2 rings (SSSR count). The summed E-state index contributed by atoms with van der Waals surface area (Å²) in [6, 6.07) is 0. The fraction of sp³-hybridized carbons (Fsp3) is 1.00. The highest BCUT2D eigenvalue weighted by molar-refractivity contribution is 8.00. The minimum absolute atomic E-state index is 0.413. The Morgan fingerprint density at radius 1 is 1.16 bits per heavy atom. The van der Waals surface area contributed by atoms with E-state index in [1.807, 2.05) is 0 Å². The molecule has 0 radical (unpaired) electrons. The minimum Gasteiger partial charge on any atom is -0.376 e. The second kappa shape index (κ2) is 7.30. The number of ether oxygens (including phenoxy) is 1. The number of thioether (sulfide) groups is 1. The van der Waals surface area contributed by atoms with Crippen LogP contribution in [0.15, 0.2) is 0 Å². The normalized spacial score (nSPS) is 29.5. The van der Waals surface area contributed by atoms with E-state index in [1.165, 1.54) is 44.8 Å². The van der Waals surface area contributed by atoms with Crippen molar-refractivity contribution in [2.45, 2.75) is 44.5 Å². The molecule has 19 heavy (non-hydrogen) atoms. The van der Waals surface area contributed by atoms with Crippen molar-refractivity contribution in [3.63, 3.8) is 0 Å². The fourth-order valence-electron chi connectivity index (χ4n) is 3.17. The Kier molecular flexibility index (Phi) is 6.00. The highest BCUT2D eigenvalue weighted by atomic mass is 32.2. The van der Waals surface area contributed by atoms with Crippen molar-refractivity contribution >= 4 is 11.8 Å². The first-order chi connectivity index (χ1) is 9.17. The molecule has 2 aliphatic rings. The molecule has 0 aromatic carbocycles. The molecule has 3 nitrogen and oxygen atoms in total. The molecular weight excluding hydrogens is 256 g/mol. The predicted molar refractivity (Wildman–Crippen MR) is 84.1 cm³/mol. The molecule has 0 saturated carbocycles. The van der Waals surface area contributed by atoms with Gasteiger partial charge in [-0.15, -0.1) is 0 Å². The third-order valence-corrected chi connectivity index (χ3v) is 6.38. The molecule has 2 saturated heterocycles. The maximum absolute atomic E-state index is 5.61. The molecule has 0 aromatic heterocycles. The van der Waals surface area contributed by atoms with E-state index in [9.17, 15) is 0 Å². The summed E-state index contributed by atoms with van der Waals surface area (Å²) in [5, 5.41) is 0. The Labute approximate surface area is 123 Å². The molecule has 0 amide bonds. The van der Waals surface area contributed by atoms with Crippen molar-refractivity contribution in [2.24, 2.45) is 0 Å². The van der Waals surface area contributed by atoms with Crippen LogP contribution < -0.4 is 0 Å². The second-order valence-electron chi connectivity index (χ2n) is 6.00. The summed E-state index contributed by atoms with van der Waals surface area (Å²) in [7, 11) is 0. The summed E-state index contributed by atoms with van der Waals surface area (Å²) < 4.78 is 6.13. The predicted octanol–water partition coefficient (Wildman–Crippen LogP) is 2.31. The van der Waals surface area contributed by atoms with Crippen molar-refractivity contribution in [2.75, 3.05) is 51.6 Å². The van der Waals surface area contributed by atoms with Crippen molar-refractivity contribution < 1.29 is 4.74 Å². The maximum atomic E-state index is 5.61. The molecule has 2 heterocycles. The van der Waals surface area contributed by atoms with Gasteiger partial charge in [0.2, 0.25) is 0 Å². The van der Waals surface area contributed by atoms with Gasteiger partial charge in [-0.25, -0.2) is 0 Å². The number of rotatable bonds is 5. The van der Waals surface area contributed by atoms with E-state index >= 15 is 0 Å². The number of nitrogens with zero attached hydrogens (tertiary/aromatic N) is 2. The molecule has 1 unspecified atom stereocenters. The van der Waals surface area contributed by atoms with E-state index in [-0.39, 0.29) is 0 Å². The van der Waals surface area contributed by atoms with E-state index in [1.54, 1.807) is 0 Å². The Morgan fingerprint density at radius 3 is 2.58 bits per heavy atom. The van der Waals surface area contributed by atoms with Crippen LogP contribution in [0, 0.1) is 0 Å². The Morgan fingerprint density at radius 2 is 1.89 bits per heavy atom. The van der Waals surface area contributed by atoms with Crippen LogP contribution in [0.25, 0.3) is 0 Å². The summed E-state index contributed by atoms with van der Waals surface area (Å²) in [5.41, 5.74) is 0. The first kappa shape index (κ1) is 15.6. The van der Waals surface area contributed by atoms with Gasteiger partial charge in [-0.2, -0.15) is 11.8 Å². The molecule has 1 atom stereocenters. The van der Waals surface area contributed by atoms with Crippen molar-refractivity contribution in [3.8, 4) is 0 Å². The van der Waals surface area contributed by atoms with E-state index < -0.39 is 0 Å². The second-order valence-corrected chi connectivity index (χ2v) is 7.56. The number of hydrogen-bond acceptors (Lipinski definition) is 4. The summed E-state index contributed by atoms with van der Waals surface area (Å²) in [5.74, 6) is 1.31. The molecule has 0 aromatic rings. The largest absolute Gasteiger partial charge is 0.376 e. The average molecular weight is 286 g/mol. The van der Waals surface area contributed by atoms with E-state index in [2.05, 4.69) is 42.3 Å². The summed E-state index contributed by atoms with van der Waals surface area (Å²) >= 11 is 2.20. The van der Waals surface area contributed by atoms with Crippen LogP contribution in [0.5, 0.6) is 0 Å². The topological polar surface area (TPSA) is 15.7 Å². The van der Waals surface area contributed by atoms with Crippen LogP contribution in [-0.2, 0) is 4.74 Å². The third kappa shape index (κ3) is 4.35. The van der Waals surface area contributed by atoms with Gasteiger partial charge in [0, 0.05) is 49.8 Å². The van der Waals surface area contributed by atoms with Gasteiger partial charge in [0.05, 0.1) is 12.7 Å². The SMILES string of the molecule is CCC1(CC)CN(CCN2CCOC(C)C2)CCS1. The van der Waals surface area contributed by atoms with Crippen LogP contribution in [0.3, 0.4) is 0 Å². The molecular formula is C15H30N2OS. The van der Waals surface area contributed by atoms with E-state index in [4.69, 9.17) is 4.74 Å². The number of morpholine rings is 1. The molecule has 112 valence electrons. The van der Waals surface area contributed by atoms with Gasteiger partial charge in [-0.3, -0.25) is 9.80 Å². The molecule has 0 N–H and O–H groups in total. The Balaban J connectivity index is 1.76. The standard InChI is InChI=1S/C15H30N2OS/c1-4-15(5-2)13-17(9-11-19-15)7-6-16-8-10-18-14(3)12-16/h14H,4-13H2,1-3H3. The summed E-state index contributed by atoms with van der Waals surface area (Å²) in [4.78, 5) is 5.25. The van der Waals surface area contributed by atoms with Gasteiger partial charge in [0.25, 0.3) is 0 Å². The van der Waals surface area contributed by atoms with E-state index in [0.29, 0.717) is 10.9 Å². The lowest BCUT2D eigenvalue weighted by molar-refractivity contribution is -0.0208. The van der Waals surface area contributed by atoms with Gasteiger partial charge in [0.15, 0.2) is 0 Å². The first-order valence-corrected chi connectivity index (χ1v) is 8.86. The fourth-order valence-corrected chi connectivity index (χ4v) is 4.63. The Hall–Kier alpha value is 0.230. The van der Waals surface area contributed by atoms with Crippen molar-refractivity contribution in [1.29, 1.82) is 0 Å². The number of hydrogen-bond donors (Lipinski definition) is 0. The zero-order valence-electron chi connectivity index (χ0n) is 12.9. The minimum atomic E-state index is 0.413. The molecule has 4 heteroatoms. The van der Waals surface area contributed by atoms with Crippen LogP contribution in [-0.4, -0.2) is 72.3 Å². The Bertz CT molecular complexity index is 271. The summed E-state index contributed by atoms with van der Waals surface area (Å²) in [6.45, 7) is 15.0. The molecule has 0 aliphatic carbocycles. The quantitative estimate of drug-likeness (QED) is 0.770. The van der Waals surface area contributed by atoms with E-state index in [0.717, 1.165) is 19.7 Å². The molecule has 2 aliphatic heterocycles. The van der Waals surface area contributed by atoms with Crippen molar-refractivity contribution in [1.82, 2.24) is 9.80 Å². The first-order valence-electron chi connectivity index (χ1n) is 7.88. The highest BCUT2D eigenvalue weighted by Crippen LogP contribution is 2.36. The molecule has 0 spiro atoms. The third-order valence-electron chi connectivity index (χ3n) is 4.67. The summed E-state index contributed by atoms with van der Waals surface area (Å²) in [6.07, 6.45) is 3.02.